The zero-order valence-electron chi connectivity index (χ0n) is 12.2. The maximum atomic E-state index is 5.76. The molecular formula is C13H24O3Zr. The van der Waals surface area contributed by atoms with Gasteiger partial charge in [0, 0.05) is 0 Å². The molecule has 0 unspecified atom stereocenters. The second kappa shape index (κ2) is 5.09. The molecule has 0 heterocycles. The van der Waals surface area contributed by atoms with Gasteiger partial charge in [0.25, 0.3) is 0 Å². The summed E-state index contributed by atoms with van der Waals surface area (Å²) in [5, 5.41) is 0. The molecule has 0 aromatic heterocycles. The fourth-order valence-electron chi connectivity index (χ4n) is 2.92. The summed E-state index contributed by atoms with van der Waals surface area (Å²) in [7, 11) is 5.12. The molecule has 0 aromatic carbocycles. The van der Waals surface area contributed by atoms with Gasteiger partial charge in [0.2, 0.25) is 0 Å². The van der Waals surface area contributed by atoms with Gasteiger partial charge >= 0.3 is 111 Å². The van der Waals surface area contributed by atoms with Gasteiger partial charge in [-0.05, 0) is 0 Å². The van der Waals surface area contributed by atoms with Crippen LogP contribution in [0.1, 0.15) is 34.6 Å². The van der Waals surface area contributed by atoms with Crippen LogP contribution in [0.3, 0.4) is 0 Å². The van der Waals surface area contributed by atoms with Crippen LogP contribution in [0.2, 0.25) is 3.12 Å². The molecule has 0 spiro atoms. The van der Waals surface area contributed by atoms with Gasteiger partial charge < -0.3 is 0 Å². The Kier molecular flexibility index (Phi) is 4.58. The Morgan fingerprint density at radius 3 is 1.29 bits per heavy atom. The second-order valence-electron chi connectivity index (χ2n) is 4.79. The van der Waals surface area contributed by atoms with Crippen LogP contribution in [0.25, 0.3) is 0 Å². The molecule has 0 amide bonds. The number of hydrogen-bond acceptors (Lipinski definition) is 3. The topological polar surface area (TPSA) is 27.7 Å². The third-order valence-electron chi connectivity index (χ3n) is 4.61. The molecule has 0 bridgehead atoms. The van der Waals surface area contributed by atoms with Crippen molar-refractivity contribution in [2.75, 3.05) is 21.3 Å². The Bertz CT molecular complexity index is 346. The van der Waals surface area contributed by atoms with Crippen molar-refractivity contribution in [3.63, 3.8) is 0 Å². The summed E-state index contributed by atoms with van der Waals surface area (Å²) in [5.74, 6) is 0. The average Bonchev–Trinajstić information content (AvgIpc) is 2.49. The summed E-state index contributed by atoms with van der Waals surface area (Å²) >= 11 is -3.59. The molecule has 0 aromatic rings. The van der Waals surface area contributed by atoms with E-state index in [4.69, 9.17) is 8.44 Å². The van der Waals surface area contributed by atoms with Crippen molar-refractivity contribution in [3.8, 4) is 0 Å². The molecule has 4 heteroatoms. The molecule has 0 saturated heterocycles. The van der Waals surface area contributed by atoms with E-state index in [0.717, 1.165) is 0 Å². The monoisotopic (exact) mass is 318 g/mol. The zero-order valence-corrected chi connectivity index (χ0v) is 14.7. The van der Waals surface area contributed by atoms with E-state index in [1.165, 1.54) is 22.3 Å². The van der Waals surface area contributed by atoms with Gasteiger partial charge in [-0.25, -0.2) is 0 Å². The molecule has 98 valence electrons. The fourth-order valence-corrected chi connectivity index (χ4v) is 10.3. The van der Waals surface area contributed by atoms with E-state index in [1.807, 2.05) is 0 Å². The minimum atomic E-state index is -3.59. The molecule has 0 saturated carbocycles. The molecule has 1 aliphatic rings. The second-order valence-corrected chi connectivity index (χ2v) is 13.0. The van der Waals surface area contributed by atoms with Gasteiger partial charge in [-0.3, -0.25) is 0 Å². The Morgan fingerprint density at radius 2 is 1.06 bits per heavy atom. The predicted octanol–water partition coefficient (Wildman–Crippen LogP) is 3.69. The van der Waals surface area contributed by atoms with Crippen molar-refractivity contribution in [1.29, 1.82) is 0 Å². The van der Waals surface area contributed by atoms with Crippen LogP contribution in [0.5, 0.6) is 0 Å². The van der Waals surface area contributed by atoms with E-state index in [2.05, 4.69) is 34.6 Å². The molecule has 0 atom stereocenters. The summed E-state index contributed by atoms with van der Waals surface area (Å²) in [6.07, 6.45) is 0. The average molecular weight is 320 g/mol. The number of allylic oxidation sites excluding steroid dienone is 4. The Morgan fingerprint density at radius 1 is 0.765 bits per heavy atom. The van der Waals surface area contributed by atoms with Crippen LogP contribution in [0, 0.1) is 0 Å². The van der Waals surface area contributed by atoms with Crippen LogP contribution in [0.15, 0.2) is 22.3 Å². The normalized spacial score (nSPS) is 20.5. The quantitative estimate of drug-likeness (QED) is 0.791. The van der Waals surface area contributed by atoms with Gasteiger partial charge in [0.15, 0.2) is 0 Å². The SMILES string of the molecule is C[O][Zr]([O]C)([O]C)[C]1(C)C(C)=C(C)C(C)=C1C. The zero-order chi connectivity index (χ0) is 13.4. The van der Waals surface area contributed by atoms with E-state index in [-0.39, 0.29) is 3.12 Å². The standard InChI is InChI=1S/C10H15.3CH3O.Zr/c1-6-7(2)9(4)10(5)8(6)3;3*1-2;/h1-5H3;3*1H3;/q;3*-1;+3. The van der Waals surface area contributed by atoms with Gasteiger partial charge in [0.1, 0.15) is 0 Å². The van der Waals surface area contributed by atoms with Crippen molar-refractivity contribution in [3.05, 3.63) is 22.3 Å². The van der Waals surface area contributed by atoms with Gasteiger partial charge in [-0.1, -0.05) is 0 Å². The van der Waals surface area contributed by atoms with Gasteiger partial charge in [0.05, 0.1) is 0 Å². The third-order valence-corrected chi connectivity index (χ3v) is 13.4. The van der Waals surface area contributed by atoms with E-state index in [1.54, 1.807) is 21.3 Å². The van der Waals surface area contributed by atoms with E-state index >= 15 is 0 Å². The summed E-state index contributed by atoms with van der Waals surface area (Å²) in [5.41, 5.74) is 5.34. The first kappa shape index (κ1) is 15.3. The van der Waals surface area contributed by atoms with Crippen LogP contribution < -0.4 is 0 Å². The molecular weight excluding hydrogens is 295 g/mol. The van der Waals surface area contributed by atoms with E-state index < -0.39 is 21.6 Å². The van der Waals surface area contributed by atoms with Crippen LogP contribution in [-0.2, 0) is 30.0 Å². The predicted molar refractivity (Wildman–Crippen MR) is 66.1 cm³/mol. The maximum absolute atomic E-state index is 5.76. The summed E-state index contributed by atoms with van der Waals surface area (Å²) in [4.78, 5) is 0. The fraction of sp³-hybridized carbons (Fsp3) is 0.692. The molecule has 0 N–H and O–H groups in total. The number of hydrogen-bond donors (Lipinski definition) is 0. The summed E-state index contributed by atoms with van der Waals surface area (Å²) in [6, 6.07) is 0. The van der Waals surface area contributed by atoms with Crippen molar-refractivity contribution in [1.82, 2.24) is 0 Å². The molecule has 0 radical (unpaired) electrons. The first-order valence-electron chi connectivity index (χ1n) is 5.84. The number of rotatable bonds is 4. The molecule has 1 aliphatic carbocycles. The van der Waals surface area contributed by atoms with Crippen LogP contribution in [0.4, 0.5) is 0 Å². The van der Waals surface area contributed by atoms with Crippen LogP contribution >= 0.6 is 0 Å². The van der Waals surface area contributed by atoms with Crippen molar-refractivity contribution in [2.24, 2.45) is 0 Å². The molecule has 3 nitrogen and oxygen atoms in total. The molecule has 0 aliphatic heterocycles. The van der Waals surface area contributed by atoms with E-state index in [0.29, 0.717) is 0 Å². The Hall–Kier alpha value is 0.243. The van der Waals surface area contributed by atoms with Gasteiger partial charge in [-0.2, -0.15) is 0 Å². The Labute approximate surface area is 111 Å². The van der Waals surface area contributed by atoms with Gasteiger partial charge in [-0.15, -0.1) is 0 Å². The minimum absolute atomic E-state index is 0.179. The van der Waals surface area contributed by atoms with Crippen molar-refractivity contribution >= 4 is 0 Å². The summed E-state index contributed by atoms with van der Waals surface area (Å²) < 4.78 is 17.1. The molecule has 17 heavy (non-hydrogen) atoms. The third kappa shape index (κ3) is 1.85. The summed E-state index contributed by atoms with van der Waals surface area (Å²) in [6.45, 7) is 10.9. The Balaban J connectivity index is 3.47. The van der Waals surface area contributed by atoms with Crippen molar-refractivity contribution < 1.29 is 30.0 Å². The molecule has 1 rings (SSSR count). The van der Waals surface area contributed by atoms with Crippen molar-refractivity contribution in [2.45, 2.75) is 37.7 Å². The first-order valence-corrected chi connectivity index (χ1v) is 10.1. The molecule has 0 fully saturated rings. The van der Waals surface area contributed by atoms with Crippen LogP contribution in [-0.4, -0.2) is 21.3 Å². The van der Waals surface area contributed by atoms with E-state index in [9.17, 15) is 0 Å². The first-order chi connectivity index (χ1) is 7.82.